The smallest absolute Gasteiger partial charge is 0.367 e. The van der Waals surface area contributed by atoms with Gasteiger partial charge in [-0.2, -0.15) is 13.2 Å². The van der Waals surface area contributed by atoms with Gasteiger partial charge in [-0.15, -0.1) is 0 Å². The van der Waals surface area contributed by atoms with Crippen LogP contribution in [-0.2, 0) is 11.3 Å². The fraction of sp³-hybridized carbons (Fsp3) is 0.500. The molecule has 0 spiro atoms. The van der Waals surface area contributed by atoms with Gasteiger partial charge in [-0.25, -0.2) is 0 Å². The summed E-state index contributed by atoms with van der Waals surface area (Å²) in [4.78, 5) is 13.8. The Hall–Kier alpha value is -1.56. The maximum Gasteiger partial charge on any atom is 0.411 e. The second kappa shape index (κ2) is 6.26. The Bertz CT molecular complexity index is 450. The Labute approximate surface area is 115 Å². The number of benzene rings is 1. The molecule has 1 aromatic carbocycles. The van der Waals surface area contributed by atoms with Gasteiger partial charge >= 0.3 is 6.18 Å². The van der Waals surface area contributed by atoms with Crippen molar-refractivity contribution in [3.05, 3.63) is 35.4 Å². The highest BCUT2D eigenvalue weighted by atomic mass is 19.4. The van der Waals surface area contributed by atoms with Crippen LogP contribution in [-0.4, -0.2) is 36.7 Å². The summed E-state index contributed by atoms with van der Waals surface area (Å²) in [6.45, 7) is 0.170. The topological polar surface area (TPSA) is 29.5 Å². The first kappa shape index (κ1) is 14.8. The number of likely N-dealkylation sites (tertiary alicyclic amines) is 1. The maximum atomic E-state index is 12.0. The fourth-order valence-corrected chi connectivity index (χ4v) is 2.13. The van der Waals surface area contributed by atoms with Crippen molar-refractivity contribution in [1.29, 1.82) is 0 Å². The number of hydrogen-bond donors (Lipinski definition) is 0. The summed E-state index contributed by atoms with van der Waals surface area (Å²) in [6.07, 6.45) is -2.27. The van der Waals surface area contributed by atoms with Crippen molar-refractivity contribution < 1.29 is 22.7 Å². The molecule has 0 saturated carbocycles. The third-order valence-electron chi connectivity index (χ3n) is 3.13. The van der Waals surface area contributed by atoms with E-state index >= 15 is 0 Å². The van der Waals surface area contributed by atoms with Gasteiger partial charge in [-0.05, 0) is 30.5 Å². The molecule has 1 heterocycles. The molecule has 0 aliphatic carbocycles. The summed E-state index contributed by atoms with van der Waals surface area (Å²) in [5, 5.41) is 0. The minimum absolute atomic E-state index is 0.0229. The van der Waals surface area contributed by atoms with Crippen LogP contribution in [0.25, 0.3) is 0 Å². The summed E-state index contributed by atoms with van der Waals surface area (Å²) in [7, 11) is 0. The van der Waals surface area contributed by atoms with Gasteiger partial charge < -0.3 is 9.64 Å². The summed E-state index contributed by atoms with van der Waals surface area (Å²) >= 11 is 0. The molecular weight excluding hydrogens is 271 g/mol. The van der Waals surface area contributed by atoms with Crippen molar-refractivity contribution in [2.75, 3.05) is 19.7 Å². The molecule has 1 amide bonds. The summed E-state index contributed by atoms with van der Waals surface area (Å²) in [5.74, 6) is -0.0229. The van der Waals surface area contributed by atoms with E-state index in [4.69, 9.17) is 0 Å². The Morgan fingerprint density at radius 1 is 1.15 bits per heavy atom. The van der Waals surface area contributed by atoms with Gasteiger partial charge in [0.2, 0.25) is 0 Å². The number of hydrogen-bond acceptors (Lipinski definition) is 2. The minimum atomic E-state index is -4.31. The van der Waals surface area contributed by atoms with E-state index in [-0.39, 0.29) is 12.5 Å². The molecule has 0 unspecified atom stereocenters. The lowest BCUT2D eigenvalue weighted by atomic mass is 10.1. The number of amides is 1. The molecule has 1 aliphatic heterocycles. The van der Waals surface area contributed by atoms with Gasteiger partial charge in [0.15, 0.2) is 0 Å². The first-order valence-electron chi connectivity index (χ1n) is 6.48. The van der Waals surface area contributed by atoms with Crippen LogP contribution in [0.3, 0.4) is 0 Å². The third kappa shape index (κ3) is 4.23. The molecule has 0 N–H and O–H groups in total. The average Bonchev–Trinajstić information content (AvgIpc) is 2.91. The molecule has 1 saturated heterocycles. The van der Waals surface area contributed by atoms with Crippen LogP contribution >= 0.6 is 0 Å². The highest BCUT2D eigenvalue weighted by Crippen LogP contribution is 2.17. The molecule has 1 fully saturated rings. The van der Waals surface area contributed by atoms with Gasteiger partial charge in [-0.3, -0.25) is 4.79 Å². The number of nitrogens with zero attached hydrogens (tertiary/aromatic N) is 1. The predicted octanol–water partition coefficient (Wildman–Crippen LogP) is 3.00. The Morgan fingerprint density at radius 3 is 2.30 bits per heavy atom. The van der Waals surface area contributed by atoms with Crippen LogP contribution in [0.1, 0.15) is 28.8 Å². The van der Waals surface area contributed by atoms with Gasteiger partial charge in [0.25, 0.3) is 5.91 Å². The largest absolute Gasteiger partial charge is 0.411 e. The molecule has 1 aromatic rings. The predicted molar refractivity (Wildman–Crippen MR) is 67.3 cm³/mol. The Balaban J connectivity index is 1.87. The van der Waals surface area contributed by atoms with Crippen molar-refractivity contribution in [2.24, 2.45) is 0 Å². The Morgan fingerprint density at radius 2 is 1.75 bits per heavy atom. The second-order valence-corrected chi connectivity index (χ2v) is 4.80. The van der Waals surface area contributed by atoms with Gasteiger partial charge in [0, 0.05) is 18.7 Å². The summed E-state index contributed by atoms with van der Waals surface area (Å²) in [5.41, 5.74) is 1.18. The molecule has 6 heteroatoms. The molecule has 0 aromatic heterocycles. The molecular formula is C14H16F3NO2. The van der Waals surface area contributed by atoms with Crippen LogP contribution in [0.4, 0.5) is 13.2 Å². The van der Waals surface area contributed by atoms with E-state index in [0.717, 1.165) is 25.9 Å². The van der Waals surface area contributed by atoms with Crippen molar-refractivity contribution in [3.8, 4) is 0 Å². The lowest BCUT2D eigenvalue weighted by molar-refractivity contribution is -0.176. The number of ether oxygens (including phenoxy) is 1. The molecule has 110 valence electrons. The van der Waals surface area contributed by atoms with Gasteiger partial charge in [-0.1, -0.05) is 12.1 Å². The first-order chi connectivity index (χ1) is 9.46. The quantitative estimate of drug-likeness (QED) is 0.852. The molecule has 20 heavy (non-hydrogen) atoms. The van der Waals surface area contributed by atoms with Crippen LogP contribution < -0.4 is 0 Å². The highest BCUT2D eigenvalue weighted by Gasteiger charge is 2.27. The molecule has 0 radical (unpaired) electrons. The van der Waals surface area contributed by atoms with E-state index in [1.165, 1.54) is 0 Å². The fourth-order valence-electron chi connectivity index (χ4n) is 2.13. The normalized spacial score (nSPS) is 15.7. The lowest BCUT2D eigenvalue weighted by Crippen LogP contribution is -2.27. The van der Waals surface area contributed by atoms with Gasteiger partial charge in [0.1, 0.15) is 6.61 Å². The second-order valence-electron chi connectivity index (χ2n) is 4.80. The van der Waals surface area contributed by atoms with Crippen LogP contribution in [0.2, 0.25) is 0 Å². The van der Waals surface area contributed by atoms with Crippen LogP contribution in [0.5, 0.6) is 0 Å². The lowest BCUT2D eigenvalue weighted by Gasteiger charge is -2.15. The number of alkyl halides is 3. The number of rotatable bonds is 4. The molecule has 2 rings (SSSR count). The monoisotopic (exact) mass is 287 g/mol. The average molecular weight is 287 g/mol. The minimum Gasteiger partial charge on any atom is -0.367 e. The van der Waals surface area contributed by atoms with Crippen molar-refractivity contribution in [1.82, 2.24) is 4.90 Å². The maximum absolute atomic E-state index is 12.0. The number of carbonyl (C=O) groups is 1. The molecule has 1 aliphatic rings. The molecule has 0 atom stereocenters. The van der Waals surface area contributed by atoms with E-state index in [1.807, 2.05) is 0 Å². The zero-order valence-corrected chi connectivity index (χ0v) is 10.9. The van der Waals surface area contributed by atoms with Crippen LogP contribution in [0.15, 0.2) is 24.3 Å². The number of carbonyl (C=O) groups excluding carboxylic acids is 1. The van der Waals surface area contributed by atoms with E-state index < -0.39 is 12.8 Å². The number of halogens is 3. The van der Waals surface area contributed by atoms with Crippen molar-refractivity contribution in [3.63, 3.8) is 0 Å². The van der Waals surface area contributed by atoms with E-state index in [1.54, 1.807) is 29.2 Å². The van der Waals surface area contributed by atoms with Crippen LogP contribution in [0, 0.1) is 0 Å². The summed E-state index contributed by atoms with van der Waals surface area (Å²) < 4.78 is 40.3. The Kier molecular flexibility index (Phi) is 4.65. The molecule has 0 bridgehead atoms. The zero-order chi connectivity index (χ0) is 14.6. The summed E-state index contributed by atoms with van der Waals surface area (Å²) in [6, 6.07) is 6.51. The van der Waals surface area contributed by atoms with E-state index in [0.29, 0.717) is 11.1 Å². The van der Waals surface area contributed by atoms with Crippen molar-refractivity contribution >= 4 is 5.91 Å². The van der Waals surface area contributed by atoms with Crippen molar-refractivity contribution in [2.45, 2.75) is 25.6 Å². The SMILES string of the molecule is O=C(c1ccc(COCC(F)(F)F)cc1)N1CCCC1. The van der Waals surface area contributed by atoms with E-state index in [2.05, 4.69) is 4.74 Å². The molecule has 3 nitrogen and oxygen atoms in total. The highest BCUT2D eigenvalue weighted by molar-refractivity contribution is 5.94. The van der Waals surface area contributed by atoms with E-state index in [9.17, 15) is 18.0 Å². The zero-order valence-electron chi connectivity index (χ0n) is 10.9. The first-order valence-corrected chi connectivity index (χ1v) is 6.48. The standard InChI is InChI=1S/C14H16F3NO2/c15-14(16,17)10-20-9-11-3-5-12(6-4-11)13(19)18-7-1-2-8-18/h3-6H,1-2,7-10H2. The van der Waals surface area contributed by atoms with Gasteiger partial charge in [0.05, 0.1) is 6.61 Å². The third-order valence-corrected chi connectivity index (χ3v) is 3.13.